The van der Waals surface area contributed by atoms with E-state index < -0.39 is 12.0 Å². The van der Waals surface area contributed by atoms with Crippen molar-refractivity contribution in [3.05, 3.63) is 65.0 Å². The van der Waals surface area contributed by atoms with Crippen molar-refractivity contribution >= 4 is 11.6 Å². The van der Waals surface area contributed by atoms with Crippen LogP contribution in [-0.2, 0) is 4.79 Å². The number of carbonyl (C=O) groups excluding carboxylic acids is 1. The van der Waals surface area contributed by atoms with Crippen molar-refractivity contribution in [3.8, 4) is 0 Å². The summed E-state index contributed by atoms with van der Waals surface area (Å²) in [5.41, 5.74) is 2.45. The fourth-order valence-corrected chi connectivity index (χ4v) is 1.84. The van der Waals surface area contributed by atoms with Crippen LogP contribution in [0, 0.1) is 19.7 Å². The maximum atomic E-state index is 13.2. The molecule has 1 atom stereocenters. The van der Waals surface area contributed by atoms with Crippen LogP contribution in [0.4, 0.5) is 10.1 Å². The molecule has 1 unspecified atom stereocenters. The molecule has 0 spiro atoms. The third-order valence-electron chi connectivity index (χ3n) is 3.07. The first-order chi connectivity index (χ1) is 9.47. The second-order valence-corrected chi connectivity index (χ2v) is 4.77. The van der Waals surface area contributed by atoms with Crippen LogP contribution in [0.1, 0.15) is 22.8 Å². The fourth-order valence-electron chi connectivity index (χ4n) is 1.84. The summed E-state index contributed by atoms with van der Waals surface area (Å²) in [5, 5.41) is 12.6. The van der Waals surface area contributed by atoms with Crippen molar-refractivity contribution in [2.24, 2.45) is 0 Å². The summed E-state index contributed by atoms with van der Waals surface area (Å²) in [4.78, 5) is 11.9. The summed E-state index contributed by atoms with van der Waals surface area (Å²) < 4.78 is 13.2. The van der Waals surface area contributed by atoms with Crippen LogP contribution in [0.5, 0.6) is 0 Å². The third kappa shape index (κ3) is 3.22. The predicted octanol–water partition coefficient (Wildman–Crippen LogP) is 3.11. The fraction of sp³-hybridized carbons (Fsp3) is 0.188. The number of rotatable bonds is 3. The van der Waals surface area contributed by atoms with Crippen molar-refractivity contribution in [1.29, 1.82) is 0 Å². The van der Waals surface area contributed by atoms with E-state index in [9.17, 15) is 14.3 Å². The third-order valence-corrected chi connectivity index (χ3v) is 3.07. The number of anilines is 1. The zero-order chi connectivity index (χ0) is 14.7. The number of nitrogens with one attached hydrogen (secondary N) is 1. The van der Waals surface area contributed by atoms with E-state index in [2.05, 4.69) is 5.32 Å². The molecule has 104 valence electrons. The standard InChI is InChI=1S/C16H16FNO2/c1-10-3-6-13(7-4-10)18-16(20)15(19)12-5-8-14(17)11(2)9-12/h3-9,15,19H,1-2H3,(H,18,20). The zero-order valence-electron chi connectivity index (χ0n) is 11.4. The van der Waals surface area contributed by atoms with Gasteiger partial charge in [-0.15, -0.1) is 0 Å². The van der Waals surface area contributed by atoms with Crippen LogP contribution < -0.4 is 5.32 Å². The normalized spacial score (nSPS) is 12.0. The largest absolute Gasteiger partial charge is 0.378 e. The minimum absolute atomic E-state index is 0.361. The molecule has 0 aliphatic rings. The van der Waals surface area contributed by atoms with Gasteiger partial charge in [-0.3, -0.25) is 4.79 Å². The molecular weight excluding hydrogens is 257 g/mol. The highest BCUT2D eigenvalue weighted by atomic mass is 19.1. The summed E-state index contributed by atoms with van der Waals surface area (Å²) >= 11 is 0. The van der Waals surface area contributed by atoms with Crippen LogP contribution >= 0.6 is 0 Å². The lowest BCUT2D eigenvalue weighted by atomic mass is 10.1. The molecule has 0 aliphatic carbocycles. The van der Waals surface area contributed by atoms with Gasteiger partial charge in [0.15, 0.2) is 6.10 Å². The molecule has 0 saturated heterocycles. The molecule has 2 aromatic rings. The van der Waals surface area contributed by atoms with Gasteiger partial charge in [0.2, 0.25) is 0 Å². The van der Waals surface area contributed by atoms with Crippen LogP contribution in [0.2, 0.25) is 0 Å². The molecule has 2 rings (SSSR count). The number of aliphatic hydroxyl groups is 1. The number of hydrogen-bond donors (Lipinski definition) is 2. The van der Waals surface area contributed by atoms with Gasteiger partial charge >= 0.3 is 0 Å². The topological polar surface area (TPSA) is 49.3 Å². The van der Waals surface area contributed by atoms with E-state index >= 15 is 0 Å². The molecule has 4 heteroatoms. The SMILES string of the molecule is Cc1ccc(NC(=O)C(O)c2ccc(F)c(C)c2)cc1. The maximum Gasteiger partial charge on any atom is 0.257 e. The van der Waals surface area contributed by atoms with Crippen LogP contribution in [0.3, 0.4) is 0 Å². The van der Waals surface area contributed by atoms with Gasteiger partial charge in [0, 0.05) is 5.69 Å². The number of carbonyl (C=O) groups is 1. The highest BCUT2D eigenvalue weighted by molar-refractivity contribution is 5.94. The smallest absolute Gasteiger partial charge is 0.257 e. The Balaban J connectivity index is 2.11. The van der Waals surface area contributed by atoms with E-state index in [4.69, 9.17) is 0 Å². The summed E-state index contributed by atoms with van der Waals surface area (Å²) in [7, 11) is 0. The molecule has 3 nitrogen and oxygen atoms in total. The molecule has 0 heterocycles. The summed E-state index contributed by atoms with van der Waals surface area (Å²) in [6, 6.07) is 11.4. The second-order valence-electron chi connectivity index (χ2n) is 4.77. The van der Waals surface area contributed by atoms with Gasteiger partial charge in [0.05, 0.1) is 0 Å². The summed E-state index contributed by atoms with van der Waals surface area (Å²) in [6.45, 7) is 3.53. The first-order valence-corrected chi connectivity index (χ1v) is 6.29. The van der Waals surface area contributed by atoms with E-state index in [0.29, 0.717) is 16.8 Å². The van der Waals surface area contributed by atoms with Gasteiger partial charge in [0.25, 0.3) is 5.91 Å². The average molecular weight is 273 g/mol. The lowest BCUT2D eigenvalue weighted by Crippen LogP contribution is -2.20. The van der Waals surface area contributed by atoms with Crippen molar-refractivity contribution < 1.29 is 14.3 Å². The molecule has 0 bridgehead atoms. The predicted molar refractivity (Wildman–Crippen MR) is 75.9 cm³/mol. The Bertz CT molecular complexity index is 623. The Kier molecular flexibility index (Phi) is 4.15. The summed E-state index contributed by atoms with van der Waals surface area (Å²) in [6.07, 6.45) is -1.32. The van der Waals surface area contributed by atoms with Gasteiger partial charge in [0.1, 0.15) is 5.82 Å². The molecule has 0 aliphatic heterocycles. The van der Waals surface area contributed by atoms with Crippen LogP contribution in [0.15, 0.2) is 42.5 Å². The van der Waals surface area contributed by atoms with Crippen molar-refractivity contribution in [1.82, 2.24) is 0 Å². The minimum Gasteiger partial charge on any atom is -0.378 e. The second kappa shape index (κ2) is 5.84. The van der Waals surface area contributed by atoms with E-state index in [1.807, 2.05) is 19.1 Å². The number of amides is 1. The number of aryl methyl sites for hydroxylation is 2. The molecule has 0 fully saturated rings. The first-order valence-electron chi connectivity index (χ1n) is 6.29. The minimum atomic E-state index is -1.32. The lowest BCUT2D eigenvalue weighted by Gasteiger charge is -2.12. The van der Waals surface area contributed by atoms with Crippen molar-refractivity contribution in [3.63, 3.8) is 0 Å². The Hall–Kier alpha value is -2.20. The molecule has 1 amide bonds. The van der Waals surface area contributed by atoms with Crippen LogP contribution in [0.25, 0.3) is 0 Å². The molecule has 2 N–H and O–H groups in total. The van der Waals surface area contributed by atoms with Gasteiger partial charge in [-0.1, -0.05) is 29.8 Å². The molecule has 20 heavy (non-hydrogen) atoms. The quantitative estimate of drug-likeness (QED) is 0.902. The molecule has 0 radical (unpaired) electrons. The molecule has 0 aromatic heterocycles. The molecule has 0 saturated carbocycles. The molecule has 2 aromatic carbocycles. The Labute approximate surface area is 117 Å². The monoisotopic (exact) mass is 273 g/mol. The van der Waals surface area contributed by atoms with Crippen molar-refractivity contribution in [2.45, 2.75) is 20.0 Å². The van der Waals surface area contributed by atoms with Gasteiger partial charge in [-0.2, -0.15) is 0 Å². The number of halogens is 1. The van der Waals surface area contributed by atoms with Gasteiger partial charge in [-0.25, -0.2) is 4.39 Å². The van der Waals surface area contributed by atoms with E-state index in [1.54, 1.807) is 19.1 Å². The van der Waals surface area contributed by atoms with Gasteiger partial charge in [-0.05, 0) is 43.2 Å². The highest BCUT2D eigenvalue weighted by Crippen LogP contribution is 2.19. The Morgan fingerprint density at radius 1 is 1.15 bits per heavy atom. The number of aliphatic hydroxyl groups excluding tert-OH is 1. The average Bonchev–Trinajstić information content (AvgIpc) is 2.43. The van der Waals surface area contributed by atoms with Crippen LogP contribution in [-0.4, -0.2) is 11.0 Å². The highest BCUT2D eigenvalue weighted by Gasteiger charge is 2.18. The van der Waals surface area contributed by atoms with E-state index in [1.165, 1.54) is 18.2 Å². The van der Waals surface area contributed by atoms with Crippen molar-refractivity contribution in [2.75, 3.05) is 5.32 Å². The summed E-state index contributed by atoms with van der Waals surface area (Å²) in [5.74, 6) is -0.903. The number of benzene rings is 2. The Morgan fingerprint density at radius 3 is 2.40 bits per heavy atom. The van der Waals surface area contributed by atoms with E-state index in [0.717, 1.165) is 5.56 Å². The molecular formula is C16H16FNO2. The maximum absolute atomic E-state index is 13.2. The number of hydrogen-bond acceptors (Lipinski definition) is 2. The first kappa shape index (κ1) is 14.2. The van der Waals surface area contributed by atoms with Gasteiger partial charge < -0.3 is 10.4 Å². The zero-order valence-corrected chi connectivity index (χ0v) is 11.4. The lowest BCUT2D eigenvalue weighted by molar-refractivity contribution is -0.124. The van der Waals surface area contributed by atoms with E-state index in [-0.39, 0.29) is 5.82 Å². The Morgan fingerprint density at radius 2 is 1.80 bits per heavy atom.